The van der Waals surface area contributed by atoms with Gasteiger partial charge < -0.3 is 20.5 Å². The summed E-state index contributed by atoms with van der Waals surface area (Å²) in [5, 5.41) is 3.41. The molecule has 0 radical (unpaired) electrons. The molecule has 1 aromatic heterocycles. The standard InChI is InChI=1S/C13H22N4O2/c1-13(2)8(5-9(13)19-4)15-11-6-10(14)16-12(17-11)7-18-3/h6,8-9H,5,7H2,1-4H3,(H3,14,15,16,17). The Bertz CT molecular complexity index is 450. The summed E-state index contributed by atoms with van der Waals surface area (Å²) in [6, 6.07) is 2.07. The molecule has 0 amide bonds. The fourth-order valence-corrected chi connectivity index (χ4v) is 2.49. The first-order chi connectivity index (χ1) is 8.97. The topological polar surface area (TPSA) is 82.3 Å². The average molecular weight is 266 g/mol. The van der Waals surface area contributed by atoms with Crippen LogP contribution in [0, 0.1) is 5.41 Å². The zero-order valence-electron chi connectivity index (χ0n) is 11.9. The third-order valence-electron chi connectivity index (χ3n) is 3.85. The summed E-state index contributed by atoms with van der Waals surface area (Å²) in [6.45, 7) is 4.72. The van der Waals surface area contributed by atoms with Gasteiger partial charge in [0.15, 0.2) is 5.82 Å². The lowest BCUT2D eigenvalue weighted by Crippen LogP contribution is -2.57. The van der Waals surface area contributed by atoms with Crippen molar-refractivity contribution >= 4 is 11.6 Å². The predicted molar refractivity (Wildman–Crippen MR) is 73.8 cm³/mol. The largest absolute Gasteiger partial charge is 0.384 e. The van der Waals surface area contributed by atoms with Crippen molar-refractivity contribution in [3.8, 4) is 0 Å². The quantitative estimate of drug-likeness (QED) is 0.839. The van der Waals surface area contributed by atoms with Crippen LogP contribution in [0.15, 0.2) is 6.07 Å². The molecule has 1 fully saturated rings. The summed E-state index contributed by atoms with van der Waals surface area (Å²) < 4.78 is 10.5. The summed E-state index contributed by atoms with van der Waals surface area (Å²) in [7, 11) is 3.36. The Morgan fingerprint density at radius 3 is 2.74 bits per heavy atom. The van der Waals surface area contributed by atoms with E-state index >= 15 is 0 Å². The van der Waals surface area contributed by atoms with E-state index in [1.807, 2.05) is 0 Å². The first-order valence-electron chi connectivity index (χ1n) is 6.39. The van der Waals surface area contributed by atoms with E-state index in [0.717, 1.165) is 12.2 Å². The van der Waals surface area contributed by atoms with E-state index in [1.165, 1.54) is 0 Å². The molecule has 106 valence electrons. The van der Waals surface area contributed by atoms with E-state index in [4.69, 9.17) is 15.2 Å². The van der Waals surface area contributed by atoms with Crippen molar-refractivity contribution in [3.05, 3.63) is 11.9 Å². The van der Waals surface area contributed by atoms with Gasteiger partial charge >= 0.3 is 0 Å². The van der Waals surface area contributed by atoms with E-state index in [2.05, 4.69) is 29.1 Å². The molecule has 1 aliphatic rings. The van der Waals surface area contributed by atoms with Crippen molar-refractivity contribution in [3.63, 3.8) is 0 Å². The van der Waals surface area contributed by atoms with Gasteiger partial charge in [0.25, 0.3) is 0 Å². The molecule has 1 heterocycles. The lowest BCUT2D eigenvalue weighted by Gasteiger charge is -2.51. The molecule has 1 aliphatic carbocycles. The van der Waals surface area contributed by atoms with Gasteiger partial charge in [0.1, 0.15) is 18.2 Å². The summed E-state index contributed by atoms with van der Waals surface area (Å²) in [6.07, 6.45) is 1.25. The van der Waals surface area contributed by atoms with Crippen molar-refractivity contribution in [1.82, 2.24) is 9.97 Å². The smallest absolute Gasteiger partial charge is 0.158 e. The van der Waals surface area contributed by atoms with Gasteiger partial charge in [-0.05, 0) is 6.42 Å². The highest BCUT2D eigenvalue weighted by Crippen LogP contribution is 2.43. The molecule has 6 heteroatoms. The van der Waals surface area contributed by atoms with Gasteiger partial charge in [0.05, 0.1) is 6.10 Å². The van der Waals surface area contributed by atoms with Gasteiger partial charge in [-0.1, -0.05) is 13.8 Å². The first kappa shape index (κ1) is 14.0. The van der Waals surface area contributed by atoms with E-state index in [1.54, 1.807) is 20.3 Å². The van der Waals surface area contributed by atoms with Crippen LogP contribution in [0.25, 0.3) is 0 Å². The molecule has 6 nitrogen and oxygen atoms in total. The highest BCUT2D eigenvalue weighted by atomic mass is 16.5. The molecule has 0 bridgehead atoms. The van der Waals surface area contributed by atoms with Crippen LogP contribution < -0.4 is 11.1 Å². The van der Waals surface area contributed by atoms with Crippen molar-refractivity contribution in [2.24, 2.45) is 5.41 Å². The minimum atomic E-state index is 0.0792. The number of nitrogens with one attached hydrogen (secondary N) is 1. The molecule has 0 aliphatic heterocycles. The van der Waals surface area contributed by atoms with E-state index in [-0.39, 0.29) is 11.5 Å². The number of rotatable bonds is 5. The van der Waals surface area contributed by atoms with Crippen LogP contribution in [0.1, 0.15) is 26.1 Å². The van der Waals surface area contributed by atoms with Gasteiger partial charge in [0.2, 0.25) is 0 Å². The Balaban J connectivity index is 2.08. The van der Waals surface area contributed by atoms with Gasteiger partial charge in [-0.15, -0.1) is 0 Å². The van der Waals surface area contributed by atoms with Crippen LogP contribution in [-0.4, -0.2) is 36.3 Å². The van der Waals surface area contributed by atoms with Gasteiger partial charge in [-0.2, -0.15) is 0 Å². The summed E-state index contributed by atoms with van der Waals surface area (Å²) in [5.41, 5.74) is 5.85. The minimum Gasteiger partial charge on any atom is -0.384 e. The molecule has 0 aromatic carbocycles. The maximum atomic E-state index is 5.77. The Hall–Kier alpha value is -1.40. The Morgan fingerprint density at radius 1 is 1.42 bits per heavy atom. The number of nitrogen functional groups attached to an aromatic ring is 1. The zero-order valence-corrected chi connectivity index (χ0v) is 11.9. The fourth-order valence-electron chi connectivity index (χ4n) is 2.49. The SMILES string of the molecule is COCc1nc(N)cc(NC2CC(OC)C2(C)C)n1. The normalized spacial score (nSPS) is 24.8. The monoisotopic (exact) mass is 266 g/mol. The number of anilines is 2. The number of nitrogens with two attached hydrogens (primary N) is 1. The third kappa shape index (κ3) is 2.79. The first-order valence-corrected chi connectivity index (χ1v) is 6.39. The lowest BCUT2D eigenvalue weighted by molar-refractivity contribution is -0.0795. The maximum absolute atomic E-state index is 5.77. The molecular weight excluding hydrogens is 244 g/mol. The van der Waals surface area contributed by atoms with E-state index in [9.17, 15) is 0 Å². The van der Waals surface area contributed by atoms with Crippen molar-refractivity contribution in [2.75, 3.05) is 25.3 Å². The summed E-state index contributed by atoms with van der Waals surface area (Å²) in [4.78, 5) is 8.51. The Morgan fingerprint density at radius 2 is 2.16 bits per heavy atom. The lowest BCUT2D eigenvalue weighted by atomic mass is 9.64. The van der Waals surface area contributed by atoms with Crippen molar-refractivity contribution in [1.29, 1.82) is 0 Å². The van der Waals surface area contributed by atoms with E-state index < -0.39 is 0 Å². The highest BCUT2D eigenvalue weighted by molar-refractivity contribution is 5.46. The van der Waals surface area contributed by atoms with Crippen molar-refractivity contribution in [2.45, 2.75) is 39.0 Å². The maximum Gasteiger partial charge on any atom is 0.158 e. The van der Waals surface area contributed by atoms with Gasteiger partial charge in [-0.25, -0.2) is 9.97 Å². The van der Waals surface area contributed by atoms with Crippen LogP contribution in [0.3, 0.4) is 0 Å². The van der Waals surface area contributed by atoms with Crippen LogP contribution in [0.5, 0.6) is 0 Å². The highest BCUT2D eigenvalue weighted by Gasteiger charge is 2.48. The summed E-state index contributed by atoms with van der Waals surface area (Å²) in [5.74, 6) is 1.78. The molecule has 2 rings (SSSR count). The van der Waals surface area contributed by atoms with Crippen LogP contribution >= 0.6 is 0 Å². The third-order valence-corrected chi connectivity index (χ3v) is 3.85. The number of aromatic nitrogens is 2. The second kappa shape index (κ2) is 5.30. The predicted octanol–water partition coefficient (Wildman–Crippen LogP) is 1.43. The molecule has 0 saturated heterocycles. The van der Waals surface area contributed by atoms with Crippen LogP contribution in [0.4, 0.5) is 11.6 Å². The average Bonchev–Trinajstić information content (AvgIpc) is 2.33. The van der Waals surface area contributed by atoms with E-state index in [0.29, 0.717) is 24.3 Å². The molecule has 1 saturated carbocycles. The second-order valence-electron chi connectivity index (χ2n) is 5.51. The van der Waals surface area contributed by atoms with Crippen LogP contribution in [-0.2, 0) is 16.1 Å². The Labute approximate surface area is 113 Å². The minimum absolute atomic E-state index is 0.0792. The number of nitrogens with zero attached hydrogens (tertiary/aromatic N) is 2. The molecule has 1 aromatic rings. The summed E-state index contributed by atoms with van der Waals surface area (Å²) >= 11 is 0. The molecule has 19 heavy (non-hydrogen) atoms. The number of hydrogen-bond acceptors (Lipinski definition) is 6. The van der Waals surface area contributed by atoms with Crippen LogP contribution in [0.2, 0.25) is 0 Å². The Kier molecular flexibility index (Phi) is 3.91. The molecule has 2 atom stereocenters. The molecule has 2 unspecified atom stereocenters. The van der Waals surface area contributed by atoms with Gasteiger partial charge in [-0.3, -0.25) is 0 Å². The zero-order chi connectivity index (χ0) is 14.0. The van der Waals surface area contributed by atoms with Gasteiger partial charge in [0, 0.05) is 31.7 Å². The number of ether oxygens (including phenoxy) is 2. The number of hydrogen-bond donors (Lipinski definition) is 2. The number of methoxy groups -OCH3 is 2. The fraction of sp³-hybridized carbons (Fsp3) is 0.692. The second-order valence-corrected chi connectivity index (χ2v) is 5.51. The van der Waals surface area contributed by atoms with Crippen molar-refractivity contribution < 1.29 is 9.47 Å². The molecule has 0 spiro atoms. The molecule has 3 N–H and O–H groups in total. The molecular formula is C13H22N4O2.